The fourth-order valence-electron chi connectivity index (χ4n) is 3.90. The van der Waals surface area contributed by atoms with Crippen molar-refractivity contribution >= 4 is 51.0 Å². The van der Waals surface area contributed by atoms with Gasteiger partial charge in [0, 0.05) is 41.8 Å². The minimum Gasteiger partial charge on any atom is -0.382 e. The Morgan fingerprint density at radius 1 is 1.50 bits per heavy atom. The normalized spacial score (nSPS) is 21.5. The van der Waals surface area contributed by atoms with Gasteiger partial charge in [-0.15, -0.1) is 0 Å². The number of carbonyl (C=O) groups excluding carboxylic acids is 1. The molecule has 3 rings (SSSR count). The zero-order valence-corrected chi connectivity index (χ0v) is 25.4. The van der Waals surface area contributed by atoms with E-state index in [1.807, 2.05) is 38.7 Å². The molecule has 212 valence electrons. The van der Waals surface area contributed by atoms with Crippen LogP contribution < -0.4 is 16.9 Å². The molecule has 1 fully saturated rings. The highest BCUT2D eigenvalue weighted by Crippen LogP contribution is 2.36. The van der Waals surface area contributed by atoms with E-state index in [-0.39, 0.29) is 36.5 Å². The lowest BCUT2D eigenvalue weighted by atomic mass is 10.1. The molecule has 3 heterocycles. The van der Waals surface area contributed by atoms with Crippen molar-refractivity contribution in [1.82, 2.24) is 25.0 Å². The van der Waals surface area contributed by atoms with E-state index in [2.05, 4.69) is 26.3 Å². The molecule has 11 nitrogen and oxygen atoms in total. The van der Waals surface area contributed by atoms with Crippen LogP contribution >= 0.6 is 39.3 Å². The van der Waals surface area contributed by atoms with Crippen molar-refractivity contribution in [2.24, 2.45) is 11.6 Å². The third kappa shape index (κ3) is 7.90. The predicted octanol–water partition coefficient (Wildman–Crippen LogP) is 2.66. The van der Waals surface area contributed by atoms with Crippen molar-refractivity contribution in [3.63, 3.8) is 0 Å². The summed E-state index contributed by atoms with van der Waals surface area (Å²) in [5.41, 5.74) is 6.14. The lowest BCUT2D eigenvalue weighted by Crippen LogP contribution is -2.50. The van der Waals surface area contributed by atoms with Gasteiger partial charge in [0.05, 0.1) is 25.5 Å². The molecule has 0 radical (unpaired) electrons. The highest BCUT2D eigenvalue weighted by molar-refractivity contribution is 9.11. The van der Waals surface area contributed by atoms with Crippen LogP contribution in [0.5, 0.6) is 0 Å². The lowest BCUT2D eigenvalue weighted by Gasteiger charge is -2.39. The van der Waals surface area contributed by atoms with Gasteiger partial charge in [-0.25, -0.2) is 10.5 Å². The monoisotopic (exact) mass is 633 g/mol. The number of hydrogen-bond donors (Lipinski definition) is 3. The van der Waals surface area contributed by atoms with Gasteiger partial charge in [0.15, 0.2) is 5.15 Å². The summed E-state index contributed by atoms with van der Waals surface area (Å²) >= 11 is 10.9. The van der Waals surface area contributed by atoms with Gasteiger partial charge in [0.1, 0.15) is 29.2 Å². The number of halogens is 2. The van der Waals surface area contributed by atoms with E-state index in [1.54, 1.807) is 25.6 Å². The van der Waals surface area contributed by atoms with E-state index in [0.717, 1.165) is 9.39 Å². The fourth-order valence-corrected chi connectivity index (χ4v) is 5.84. The summed E-state index contributed by atoms with van der Waals surface area (Å²) in [6, 6.07) is 1.68. The van der Waals surface area contributed by atoms with Crippen molar-refractivity contribution in [3.05, 3.63) is 44.8 Å². The third-order valence-electron chi connectivity index (χ3n) is 6.12. The molecule has 3 unspecified atom stereocenters. The number of carbonyl (C=O) groups is 1. The van der Waals surface area contributed by atoms with Gasteiger partial charge in [-0.3, -0.25) is 4.79 Å². The predicted molar refractivity (Wildman–Crippen MR) is 154 cm³/mol. The number of dihydropyridines is 1. The highest BCUT2D eigenvalue weighted by atomic mass is 79.9. The van der Waals surface area contributed by atoms with Crippen LogP contribution in [0.2, 0.25) is 5.15 Å². The molecule has 38 heavy (non-hydrogen) atoms. The number of likely N-dealkylation sites (N-methyl/N-ethyl adjacent to an activating group) is 1. The summed E-state index contributed by atoms with van der Waals surface area (Å²) in [7, 11) is 1.60. The van der Waals surface area contributed by atoms with Crippen LogP contribution in [0.25, 0.3) is 5.82 Å². The van der Waals surface area contributed by atoms with Gasteiger partial charge in [0.2, 0.25) is 0 Å². The maximum atomic E-state index is 13.5. The topological polar surface area (TPSA) is 133 Å². The van der Waals surface area contributed by atoms with Crippen LogP contribution in [-0.2, 0) is 19.0 Å². The second-order valence-corrected chi connectivity index (χ2v) is 11.7. The molecule has 0 aliphatic carbocycles. The lowest BCUT2D eigenvalue weighted by molar-refractivity contribution is -0.198. The number of amides is 1. The molecule has 2 aliphatic heterocycles. The molecule has 1 aromatic heterocycles. The van der Waals surface area contributed by atoms with E-state index in [0.29, 0.717) is 30.5 Å². The molecule has 1 saturated heterocycles. The molecular weight excluding hydrogens is 598 g/mol. The molecule has 14 heteroatoms. The number of hydrogen-bond acceptors (Lipinski definition) is 10. The van der Waals surface area contributed by atoms with Gasteiger partial charge in [0.25, 0.3) is 5.91 Å². The Kier molecular flexibility index (Phi) is 11.4. The van der Waals surface area contributed by atoms with E-state index in [4.69, 9.17) is 37.4 Å². The van der Waals surface area contributed by atoms with Crippen molar-refractivity contribution in [1.29, 1.82) is 0 Å². The number of methoxy groups -OCH3 is 1. The molecule has 4 atom stereocenters. The summed E-state index contributed by atoms with van der Waals surface area (Å²) in [6.45, 7) is 9.77. The maximum absolute atomic E-state index is 13.5. The Morgan fingerprint density at radius 3 is 2.76 bits per heavy atom. The third-order valence-corrected chi connectivity index (χ3v) is 8.06. The van der Waals surface area contributed by atoms with Crippen molar-refractivity contribution in [3.8, 4) is 0 Å². The minimum atomic E-state index is -0.514. The van der Waals surface area contributed by atoms with Gasteiger partial charge in [-0.05, 0) is 39.8 Å². The van der Waals surface area contributed by atoms with Crippen LogP contribution in [-0.4, -0.2) is 88.7 Å². The standard InChI is InChI=1S/C24H37BrClN7O4S/c1-6-32(14(2)3)23(34)22-19(9-16(25)10-29-22)38-24(37-18-13-36-15(18)4)17(35-5)11-31(28)12-21(27)33-8-7-20(26)30-33/h7-9,12,14-15,17-18,24,29H,6,10-11,13,27-28H2,1-5H3/b21-12+/t15?,17-,18?,24?/m0/s1. The summed E-state index contributed by atoms with van der Waals surface area (Å²) < 4.78 is 20.2. The number of allylic oxidation sites excluding steroid dienone is 1. The number of nitrogens with one attached hydrogen (secondary N) is 1. The largest absolute Gasteiger partial charge is 0.382 e. The maximum Gasteiger partial charge on any atom is 0.271 e. The van der Waals surface area contributed by atoms with Gasteiger partial charge < -0.3 is 35.2 Å². The molecule has 1 amide bonds. The molecule has 0 aromatic carbocycles. The smallest absolute Gasteiger partial charge is 0.271 e. The quantitative estimate of drug-likeness (QED) is 0.169. The number of ether oxygens (including phenoxy) is 3. The first kappa shape index (κ1) is 30.8. The van der Waals surface area contributed by atoms with E-state index in [1.165, 1.54) is 21.5 Å². The number of aromatic nitrogens is 2. The zero-order chi connectivity index (χ0) is 28.0. The molecular formula is C24H37BrClN7O4S. The number of nitrogens with zero attached hydrogens (tertiary/aromatic N) is 4. The average Bonchev–Trinajstić information content (AvgIpc) is 3.30. The first-order valence-electron chi connectivity index (χ1n) is 12.4. The average molecular weight is 635 g/mol. The van der Waals surface area contributed by atoms with Crippen molar-refractivity contribution in [2.45, 2.75) is 57.5 Å². The molecule has 1 aromatic rings. The number of nitrogens with two attached hydrogens (primary N) is 2. The van der Waals surface area contributed by atoms with Crippen LogP contribution in [0.1, 0.15) is 27.7 Å². The van der Waals surface area contributed by atoms with Crippen LogP contribution in [0.3, 0.4) is 0 Å². The molecule has 0 saturated carbocycles. The van der Waals surface area contributed by atoms with Crippen molar-refractivity contribution < 1.29 is 19.0 Å². The second kappa shape index (κ2) is 14.1. The highest BCUT2D eigenvalue weighted by Gasteiger charge is 2.37. The molecule has 0 spiro atoms. The van der Waals surface area contributed by atoms with Crippen LogP contribution in [0, 0.1) is 0 Å². The van der Waals surface area contributed by atoms with E-state index >= 15 is 0 Å². The van der Waals surface area contributed by atoms with E-state index < -0.39 is 11.5 Å². The fraction of sp³-hybridized carbons (Fsp3) is 0.583. The van der Waals surface area contributed by atoms with Crippen LogP contribution in [0.4, 0.5) is 0 Å². The first-order chi connectivity index (χ1) is 18.0. The minimum absolute atomic E-state index is 0.0527. The Labute approximate surface area is 241 Å². The van der Waals surface area contributed by atoms with Gasteiger partial charge >= 0.3 is 0 Å². The molecule has 5 N–H and O–H groups in total. The van der Waals surface area contributed by atoms with Crippen molar-refractivity contribution in [2.75, 3.05) is 33.4 Å². The Hall–Kier alpha value is -1.74. The summed E-state index contributed by atoms with van der Waals surface area (Å²) in [6.07, 6.45) is 4.47. The molecule has 0 bridgehead atoms. The Bertz CT molecular complexity index is 1070. The number of rotatable bonds is 13. The van der Waals surface area contributed by atoms with Crippen LogP contribution in [0.15, 0.2) is 39.6 Å². The summed E-state index contributed by atoms with van der Waals surface area (Å²) in [5.74, 6) is 6.51. The summed E-state index contributed by atoms with van der Waals surface area (Å²) in [4.78, 5) is 16.0. The Morgan fingerprint density at radius 2 is 2.24 bits per heavy atom. The zero-order valence-electron chi connectivity index (χ0n) is 22.3. The summed E-state index contributed by atoms with van der Waals surface area (Å²) in [5, 5.41) is 9.09. The SMILES string of the molecule is CCN(C(=O)C1=C(SC(OC2COC2C)[C@H](CN(N)/C=C(\N)n2ccc(Cl)n2)OC)C=C(Br)CN1)C(C)C. The first-order valence-corrected chi connectivity index (χ1v) is 14.4. The van der Waals surface area contributed by atoms with Gasteiger partial charge in [-0.1, -0.05) is 39.3 Å². The second-order valence-electron chi connectivity index (χ2n) is 9.18. The van der Waals surface area contributed by atoms with Gasteiger partial charge in [-0.2, -0.15) is 5.10 Å². The van der Waals surface area contributed by atoms with E-state index in [9.17, 15) is 4.79 Å². The Balaban J connectivity index is 1.87. The number of hydrazine groups is 1. The number of thioether (sulfide) groups is 1. The molecule has 2 aliphatic rings.